The van der Waals surface area contributed by atoms with Crippen LogP contribution in [0.15, 0.2) is 12.1 Å². The van der Waals surface area contributed by atoms with E-state index >= 15 is 0 Å². The molecule has 3 nitrogen and oxygen atoms in total. The molecule has 1 aromatic rings. The van der Waals surface area contributed by atoms with Crippen molar-refractivity contribution in [1.29, 1.82) is 0 Å². The average Bonchev–Trinajstić information content (AvgIpc) is 2.70. The Hall–Kier alpha value is -1.35. The number of ether oxygens (including phenoxy) is 2. The van der Waals surface area contributed by atoms with Gasteiger partial charge in [-0.05, 0) is 11.1 Å². The number of carbonyl (C=O) groups is 1. The summed E-state index contributed by atoms with van der Waals surface area (Å²) in [5.74, 6) is -0.197. The van der Waals surface area contributed by atoms with Crippen LogP contribution < -0.4 is 0 Å². The molecule has 1 aromatic carbocycles. The molecule has 0 fully saturated rings. The molecule has 3 rings (SSSR count). The Morgan fingerprint density at radius 1 is 1.08 bits per heavy atom. The second-order valence-corrected chi connectivity index (χ2v) is 3.31. The predicted molar refractivity (Wildman–Crippen MR) is 44.1 cm³/mol. The second-order valence-electron chi connectivity index (χ2n) is 3.31. The fraction of sp³-hybridized carbons (Fsp3) is 0.300. The minimum absolute atomic E-state index is 0.197. The van der Waals surface area contributed by atoms with E-state index in [9.17, 15) is 4.79 Å². The van der Waals surface area contributed by atoms with Gasteiger partial charge in [0, 0.05) is 5.56 Å². The van der Waals surface area contributed by atoms with Crippen LogP contribution in [0.2, 0.25) is 0 Å². The van der Waals surface area contributed by atoms with E-state index in [1.54, 1.807) is 0 Å². The van der Waals surface area contributed by atoms with Gasteiger partial charge in [-0.3, -0.25) is 0 Å². The van der Waals surface area contributed by atoms with Crippen LogP contribution in [0.5, 0.6) is 0 Å². The summed E-state index contributed by atoms with van der Waals surface area (Å²) in [5.41, 5.74) is 3.89. The largest absolute Gasteiger partial charge is 0.457 e. The van der Waals surface area contributed by atoms with Crippen molar-refractivity contribution in [3.63, 3.8) is 0 Å². The average molecular weight is 176 g/mol. The monoisotopic (exact) mass is 176 g/mol. The molecule has 13 heavy (non-hydrogen) atoms. The van der Waals surface area contributed by atoms with Gasteiger partial charge in [0.25, 0.3) is 0 Å². The van der Waals surface area contributed by atoms with Crippen LogP contribution in [0.25, 0.3) is 0 Å². The standard InChI is InChI=1S/C10H8O3/c11-10-9-7(4-13-10)2-1-6-3-12-5-8(6)9/h1-2H,3-5H2. The summed E-state index contributed by atoms with van der Waals surface area (Å²) >= 11 is 0. The molecule has 0 bridgehead atoms. The molecule has 0 saturated heterocycles. The molecule has 0 spiro atoms. The third-order valence-corrected chi connectivity index (χ3v) is 2.56. The highest BCUT2D eigenvalue weighted by Gasteiger charge is 2.28. The SMILES string of the molecule is O=C1OCc2ccc3c(c21)COC3. The zero-order chi connectivity index (χ0) is 8.84. The highest BCUT2D eigenvalue weighted by atomic mass is 16.5. The predicted octanol–water partition coefficient (Wildman–Crippen LogP) is 1.39. The normalized spacial score (nSPS) is 18.3. The molecule has 3 heteroatoms. The van der Waals surface area contributed by atoms with Gasteiger partial charge in [-0.15, -0.1) is 0 Å². The fourth-order valence-corrected chi connectivity index (χ4v) is 1.89. The first-order valence-corrected chi connectivity index (χ1v) is 4.25. The van der Waals surface area contributed by atoms with Crippen LogP contribution in [0.3, 0.4) is 0 Å². The Morgan fingerprint density at radius 3 is 2.85 bits per heavy atom. The zero-order valence-electron chi connectivity index (χ0n) is 7.00. The van der Waals surface area contributed by atoms with E-state index < -0.39 is 0 Å². The minimum Gasteiger partial charge on any atom is -0.457 e. The van der Waals surface area contributed by atoms with Gasteiger partial charge < -0.3 is 9.47 Å². The Kier molecular flexibility index (Phi) is 1.27. The third kappa shape index (κ3) is 0.848. The summed E-state index contributed by atoms with van der Waals surface area (Å²) in [7, 11) is 0. The maximum Gasteiger partial charge on any atom is 0.339 e. The lowest BCUT2D eigenvalue weighted by Gasteiger charge is -2.00. The van der Waals surface area contributed by atoms with Crippen molar-refractivity contribution in [3.8, 4) is 0 Å². The van der Waals surface area contributed by atoms with Crippen LogP contribution in [0, 0.1) is 0 Å². The molecule has 0 aromatic heterocycles. The van der Waals surface area contributed by atoms with Crippen molar-refractivity contribution in [3.05, 3.63) is 34.4 Å². The van der Waals surface area contributed by atoms with Gasteiger partial charge in [0.05, 0.1) is 18.8 Å². The van der Waals surface area contributed by atoms with Gasteiger partial charge in [0.15, 0.2) is 0 Å². The third-order valence-electron chi connectivity index (χ3n) is 2.56. The number of carbonyl (C=O) groups excluding carboxylic acids is 1. The minimum atomic E-state index is -0.197. The number of esters is 1. The smallest absolute Gasteiger partial charge is 0.339 e. The van der Waals surface area contributed by atoms with Crippen molar-refractivity contribution in [2.45, 2.75) is 19.8 Å². The van der Waals surface area contributed by atoms with Gasteiger partial charge in [-0.2, -0.15) is 0 Å². The van der Waals surface area contributed by atoms with Gasteiger partial charge >= 0.3 is 5.97 Å². The van der Waals surface area contributed by atoms with Gasteiger partial charge in [0.2, 0.25) is 0 Å². The molecule has 0 radical (unpaired) electrons. The van der Waals surface area contributed by atoms with Crippen LogP contribution in [-0.2, 0) is 29.3 Å². The summed E-state index contributed by atoms with van der Waals surface area (Å²) in [6.45, 7) is 1.59. The molecule has 0 amide bonds. The molecular weight excluding hydrogens is 168 g/mol. The van der Waals surface area contributed by atoms with Crippen molar-refractivity contribution in [2.75, 3.05) is 0 Å². The van der Waals surface area contributed by atoms with Crippen molar-refractivity contribution in [1.82, 2.24) is 0 Å². The summed E-state index contributed by atoms with van der Waals surface area (Å²) in [6.07, 6.45) is 0. The molecule has 2 aliphatic heterocycles. The number of rotatable bonds is 0. The van der Waals surface area contributed by atoms with Crippen LogP contribution in [0.4, 0.5) is 0 Å². The number of benzene rings is 1. The number of fused-ring (bicyclic) bond motifs is 3. The number of hydrogen-bond acceptors (Lipinski definition) is 3. The lowest BCUT2D eigenvalue weighted by molar-refractivity contribution is 0.0532. The summed E-state index contributed by atoms with van der Waals surface area (Å²) in [4.78, 5) is 11.3. The van der Waals surface area contributed by atoms with Crippen LogP contribution in [0.1, 0.15) is 27.0 Å². The van der Waals surface area contributed by atoms with Gasteiger partial charge in [-0.25, -0.2) is 4.79 Å². The zero-order valence-corrected chi connectivity index (χ0v) is 7.00. The van der Waals surface area contributed by atoms with E-state index in [2.05, 4.69) is 0 Å². The first kappa shape index (κ1) is 7.09. The van der Waals surface area contributed by atoms with E-state index in [1.165, 1.54) is 0 Å². The lowest BCUT2D eigenvalue weighted by Crippen LogP contribution is -1.99. The van der Waals surface area contributed by atoms with Crippen molar-refractivity contribution >= 4 is 5.97 Å². The molecule has 2 aliphatic rings. The van der Waals surface area contributed by atoms with Gasteiger partial charge in [-0.1, -0.05) is 12.1 Å². The van der Waals surface area contributed by atoms with E-state index in [1.807, 2.05) is 12.1 Å². The van der Waals surface area contributed by atoms with Crippen LogP contribution >= 0.6 is 0 Å². The van der Waals surface area contributed by atoms with E-state index in [0.29, 0.717) is 19.8 Å². The molecule has 0 saturated carbocycles. The Morgan fingerprint density at radius 2 is 1.92 bits per heavy atom. The van der Waals surface area contributed by atoms with E-state index in [0.717, 1.165) is 22.3 Å². The molecule has 0 unspecified atom stereocenters. The molecule has 0 atom stereocenters. The maximum absolute atomic E-state index is 11.3. The van der Waals surface area contributed by atoms with E-state index in [-0.39, 0.29) is 5.97 Å². The number of hydrogen-bond donors (Lipinski definition) is 0. The molecular formula is C10H8O3. The number of cyclic esters (lactones) is 1. The maximum atomic E-state index is 11.3. The highest BCUT2D eigenvalue weighted by molar-refractivity contribution is 5.95. The Labute approximate surface area is 75.3 Å². The quantitative estimate of drug-likeness (QED) is 0.560. The topological polar surface area (TPSA) is 35.5 Å². The molecule has 2 heterocycles. The van der Waals surface area contributed by atoms with Crippen LogP contribution in [-0.4, -0.2) is 5.97 Å². The Balaban J connectivity index is 2.29. The van der Waals surface area contributed by atoms with E-state index in [4.69, 9.17) is 9.47 Å². The second kappa shape index (κ2) is 2.33. The molecule has 0 N–H and O–H groups in total. The fourth-order valence-electron chi connectivity index (χ4n) is 1.89. The van der Waals surface area contributed by atoms with Gasteiger partial charge in [0.1, 0.15) is 6.61 Å². The highest BCUT2D eigenvalue weighted by Crippen LogP contribution is 2.30. The first-order chi connectivity index (χ1) is 6.36. The molecule has 0 aliphatic carbocycles. The Bertz CT molecular complexity index is 395. The molecule has 66 valence electrons. The summed E-state index contributed by atoms with van der Waals surface area (Å²) < 4.78 is 10.2. The first-order valence-electron chi connectivity index (χ1n) is 4.25. The van der Waals surface area contributed by atoms with Crippen molar-refractivity contribution in [2.24, 2.45) is 0 Å². The summed E-state index contributed by atoms with van der Waals surface area (Å²) in [5, 5.41) is 0. The van der Waals surface area contributed by atoms with Crippen molar-refractivity contribution < 1.29 is 14.3 Å². The lowest BCUT2D eigenvalue weighted by atomic mass is 10.00. The summed E-state index contributed by atoms with van der Waals surface area (Å²) in [6, 6.07) is 3.97.